The molecule has 3 rings (SSSR count). The molecule has 6 heteroatoms. The van der Waals surface area contributed by atoms with E-state index in [1.165, 1.54) is 0 Å². The van der Waals surface area contributed by atoms with Crippen LogP contribution in [0.2, 0.25) is 0 Å². The number of aromatic nitrogens is 2. The molecule has 0 N–H and O–H groups in total. The summed E-state index contributed by atoms with van der Waals surface area (Å²) in [6.07, 6.45) is 3.42. The molecule has 2 aromatic heterocycles. The average molecular weight is 529 g/mol. The van der Waals surface area contributed by atoms with Gasteiger partial charge in [0.05, 0.1) is 12.1 Å². The largest absolute Gasteiger partial charge is 0.368 e. The Kier molecular flexibility index (Phi) is 6.61. The van der Waals surface area contributed by atoms with Crippen molar-refractivity contribution in [1.29, 1.82) is 0 Å². The number of aryl methyl sites for hydroxylation is 1. The fraction of sp³-hybridized carbons (Fsp3) is 0.263. The summed E-state index contributed by atoms with van der Waals surface area (Å²) in [4.78, 5) is 9.04. The van der Waals surface area contributed by atoms with Gasteiger partial charge in [-0.25, -0.2) is 0 Å². The van der Waals surface area contributed by atoms with Gasteiger partial charge in [-0.15, -0.1) is 0 Å². The van der Waals surface area contributed by atoms with Gasteiger partial charge in [0.15, 0.2) is 0 Å². The highest BCUT2D eigenvalue weighted by molar-refractivity contribution is 9.12. The van der Waals surface area contributed by atoms with Gasteiger partial charge in [-0.05, 0) is 54.4 Å². The minimum atomic E-state index is -0.180. The first-order valence-corrected chi connectivity index (χ1v) is 10.7. The minimum Gasteiger partial charge on any atom is -0.368 e. The Morgan fingerprint density at radius 2 is 1.88 bits per heavy atom. The molecule has 130 valence electrons. The molecule has 0 aliphatic heterocycles. The maximum absolute atomic E-state index is 6.32. The van der Waals surface area contributed by atoms with Crippen LogP contribution in [0, 0.1) is 6.92 Å². The Balaban J connectivity index is 2.12. The second-order valence-corrected chi connectivity index (χ2v) is 8.62. The maximum atomic E-state index is 6.32. The quantitative estimate of drug-likeness (QED) is 0.370. The molecule has 1 aromatic carbocycles. The van der Waals surface area contributed by atoms with Gasteiger partial charge < -0.3 is 4.74 Å². The van der Waals surface area contributed by atoms with E-state index in [1.54, 1.807) is 12.4 Å². The summed E-state index contributed by atoms with van der Waals surface area (Å²) in [7, 11) is 0. The zero-order chi connectivity index (χ0) is 17.8. The topological polar surface area (TPSA) is 35.0 Å². The van der Waals surface area contributed by atoms with Crippen molar-refractivity contribution in [2.45, 2.75) is 17.9 Å². The lowest BCUT2D eigenvalue weighted by Crippen LogP contribution is -2.15. The van der Waals surface area contributed by atoms with E-state index in [0.29, 0.717) is 6.61 Å². The van der Waals surface area contributed by atoms with E-state index >= 15 is 0 Å². The molecule has 0 bridgehead atoms. The van der Waals surface area contributed by atoms with E-state index in [4.69, 9.17) is 4.74 Å². The number of alkyl halides is 2. The van der Waals surface area contributed by atoms with Crippen molar-refractivity contribution < 1.29 is 4.74 Å². The fourth-order valence-electron chi connectivity index (χ4n) is 2.73. The number of rotatable bonds is 6. The summed E-state index contributed by atoms with van der Waals surface area (Å²) in [5.41, 5.74) is 4.14. The Morgan fingerprint density at radius 1 is 1.12 bits per heavy atom. The molecule has 0 spiro atoms. The summed E-state index contributed by atoms with van der Waals surface area (Å²) < 4.78 is 7.35. The molecular formula is C19H17Br3N2O. The standard InChI is InChI=1S/C19H17Br3N2O/c1-12-8-17(16-9-14(21)2-3-18(16)24-12)19(25-11-15(22)10-20)13-4-6-23-7-5-13/h2-9,15,19H,10-11H2,1H3. The third kappa shape index (κ3) is 4.67. The van der Waals surface area contributed by atoms with Crippen LogP contribution in [-0.4, -0.2) is 26.7 Å². The van der Waals surface area contributed by atoms with E-state index in [1.807, 2.05) is 31.2 Å². The van der Waals surface area contributed by atoms with Gasteiger partial charge in [0.2, 0.25) is 0 Å². The second kappa shape index (κ2) is 8.71. The molecule has 0 aliphatic carbocycles. The van der Waals surface area contributed by atoms with Crippen molar-refractivity contribution in [3.63, 3.8) is 0 Å². The summed E-state index contributed by atoms with van der Waals surface area (Å²) >= 11 is 10.7. The van der Waals surface area contributed by atoms with Crippen LogP contribution in [0.5, 0.6) is 0 Å². The van der Waals surface area contributed by atoms with Crippen molar-refractivity contribution in [3.8, 4) is 0 Å². The molecule has 0 amide bonds. The third-order valence-electron chi connectivity index (χ3n) is 3.83. The van der Waals surface area contributed by atoms with Gasteiger partial charge in [0.1, 0.15) is 6.10 Å². The summed E-state index contributed by atoms with van der Waals surface area (Å²) in [5.74, 6) is 0. The molecule has 0 aliphatic rings. The third-order valence-corrected chi connectivity index (χ3v) is 6.57. The van der Waals surface area contributed by atoms with Crippen LogP contribution >= 0.6 is 47.8 Å². The van der Waals surface area contributed by atoms with Gasteiger partial charge in [-0.1, -0.05) is 47.8 Å². The minimum absolute atomic E-state index is 0.180. The van der Waals surface area contributed by atoms with Gasteiger partial charge in [0, 0.05) is 38.1 Å². The molecule has 2 atom stereocenters. The molecule has 3 aromatic rings. The van der Waals surface area contributed by atoms with E-state index in [2.05, 4.69) is 69.9 Å². The lowest BCUT2D eigenvalue weighted by molar-refractivity contribution is 0.0855. The normalized spacial score (nSPS) is 13.8. The first kappa shape index (κ1) is 19.0. The molecule has 2 unspecified atom stereocenters. The summed E-state index contributed by atoms with van der Waals surface area (Å²) in [6.45, 7) is 2.61. The first-order chi connectivity index (χ1) is 12.1. The molecule has 3 nitrogen and oxygen atoms in total. The van der Waals surface area contributed by atoms with Gasteiger partial charge in [-0.2, -0.15) is 0 Å². The highest BCUT2D eigenvalue weighted by Gasteiger charge is 2.20. The highest BCUT2D eigenvalue weighted by atomic mass is 79.9. The Morgan fingerprint density at radius 3 is 2.60 bits per heavy atom. The number of hydrogen-bond donors (Lipinski definition) is 0. The molecule has 0 radical (unpaired) electrons. The van der Waals surface area contributed by atoms with Crippen molar-refractivity contribution in [3.05, 3.63) is 70.1 Å². The number of nitrogens with zero attached hydrogens (tertiary/aromatic N) is 2. The van der Waals surface area contributed by atoms with Gasteiger partial charge >= 0.3 is 0 Å². The highest BCUT2D eigenvalue weighted by Crippen LogP contribution is 2.33. The fourth-order valence-corrected chi connectivity index (χ4v) is 3.43. The van der Waals surface area contributed by atoms with Crippen molar-refractivity contribution in [2.75, 3.05) is 11.9 Å². The zero-order valence-corrected chi connectivity index (χ0v) is 18.4. The lowest BCUT2D eigenvalue weighted by Gasteiger charge is -2.22. The first-order valence-electron chi connectivity index (χ1n) is 7.87. The number of pyridine rings is 2. The van der Waals surface area contributed by atoms with E-state index in [0.717, 1.165) is 37.5 Å². The van der Waals surface area contributed by atoms with Crippen LogP contribution in [-0.2, 0) is 4.74 Å². The SMILES string of the molecule is Cc1cc(C(OCC(Br)CBr)c2ccncc2)c2cc(Br)ccc2n1. The predicted molar refractivity (Wildman–Crippen MR) is 113 cm³/mol. The van der Waals surface area contributed by atoms with Crippen LogP contribution in [0.4, 0.5) is 0 Å². The summed E-state index contributed by atoms with van der Waals surface area (Å²) in [5, 5.41) is 1.92. The van der Waals surface area contributed by atoms with E-state index < -0.39 is 0 Å². The molecule has 0 saturated heterocycles. The Bertz CT molecular complexity index is 858. The van der Waals surface area contributed by atoms with Crippen LogP contribution in [0.25, 0.3) is 10.9 Å². The van der Waals surface area contributed by atoms with Crippen LogP contribution in [0.15, 0.2) is 53.3 Å². The Labute approximate surface area is 172 Å². The predicted octanol–water partition coefficient (Wildman–Crippen LogP) is 5.97. The van der Waals surface area contributed by atoms with E-state index in [9.17, 15) is 0 Å². The number of halogens is 3. The van der Waals surface area contributed by atoms with Crippen LogP contribution in [0.3, 0.4) is 0 Å². The number of fused-ring (bicyclic) bond motifs is 1. The average Bonchev–Trinajstić information content (AvgIpc) is 2.63. The van der Waals surface area contributed by atoms with Crippen LogP contribution in [0.1, 0.15) is 22.9 Å². The second-order valence-electron chi connectivity index (χ2n) is 5.76. The number of ether oxygens (including phenoxy) is 1. The molecular weight excluding hydrogens is 512 g/mol. The number of hydrogen-bond acceptors (Lipinski definition) is 3. The van der Waals surface area contributed by atoms with Crippen LogP contribution < -0.4 is 0 Å². The number of benzene rings is 1. The molecule has 0 fully saturated rings. The van der Waals surface area contributed by atoms with Crippen molar-refractivity contribution in [2.24, 2.45) is 0 Å². The zero-order valence-electron chi connectivity index (χ0n) is 13.6. The smallest absolute Gasteiger partial charge is 0.108 e. The molecule has 2 heterocycles. The maximum Gasteiger partial charge on any atom is 0.108 e. The molecule has 0 saturated carbocycles. The summed E-state index contributed by atoms with van der Waals surface area (Å²) in [6, 6.07) is 12.3. The van der Waals surface area contributed by atoms with Crippen molar-refractivity contribution >= 4 is 58.7 Å². The van der Waals surface area contributed by atoms with Gasteiger partial charge in [0.25, 0.3) is 0 Å². The molecule has 25 heavy (non-hydrogen) atoms. The lowest BCUT2D eigenvalue weighted by atomic mass is 9.97. The van der Waals surface area contributed by atoms with Gasteiger partial charge in [-0.3, -0.25) is 9.97 Å². The monoisotopic (exact) mass is 526 g/mol. The van der Waals surface area contributed by atoms with Crippen molar-refractivity contribution in [1.82, 2.24) is 9.97 Å². The van der Waals surface area contributed by atoms with E-state index in [-0.39, 0.29) is 10.9 Å². The Hall–Kier alpha value is -0.820.